The highest BCUT2D eigenvalue weighted by molar-refractivity contribution is 6.09. The number of benzene rings is 1. The molecule has 0 bridgehead atoms. The maximum Gasteiger partial charge on any atom is 0.254 e. The fourth-order valence-corrected chi connectivity index (χ4v) is 6.14. The minimum Gasteiger partial charge on any atom is -0.336 e. The average molecular weight is 405 g/mol. The number of hydrogen-bond donors (Lipinski definition) is 2. The Morgan fingerprint density at radius 2 is 2.07 bits per heavy atom. The second-order valence-electron chi connectivity index (χ2n) is 8.71. The van der Waals surface area contributed by atoms with Gasteiger partial charge in [0.15, 0.2) is 0 Å². The second-order valence-corrected chi connectivity index (χ2v) is 8.71. The summed E-state index contributed by atoms with van der Waals surface area (Å²) in [5.74, 6) is -0.530. The number of aromatic nitrogens is 2. The van der Waals surface area contributed by atoms with E-state index in [1.807, 2.05) is 24.3 Å². The summed E-state index contributed by atoms with van der Waals surface area (Å²) in [4.78, 5) is 50.3. The van der Waals surface area contributed by atoms with E-state index in [1.165, 1.54) is 6.33 Å². The lowest BCUT2D eigenvalue weighted by molar-refractivity contribution is -0.145. The van der Waals surface area contributed by atoms with Crippen molar-refractivity contribution < 1.29 is 9.59 Å². The fraction of sp³-hybridized carbons (Fsp3) is 0.455. The molecule has 0 radical (unpaired) electrons. The topological polar surface area (TPSA) is 98.4 Å². The second kappa shape index (κ2) is 6.25. The van der Waals surface area contributed by atoms with E-state index in [2.05, 4.69) is 20.2 Å². The maximum atomic E-state index is 13.8. The van der Waals surface area contributed by atoms with Crippen molar-refractivity contribution in [3.63, 3.8) is 0 Å². The molecule has 1 aromatic heterocycles. The molecule has 0 unspecified atom stereocenters. The minimum absolute atomic E-state index is 0.0102. The summed E-state index contributed by atoms with van der Waals surface area (Å²) in [6.45, 7) is 1.62. The molecule has 2 saturated heterocycles. The molecule has 4 aliphatic rings. The van der Waals surface area contributed by atoms with Crippen LogP contribution < -0.4 is 10.9 Å². The van der Waals surface area contributed by atoms with Crippen molar-refractivity contribution in [1.29, 1.82) is 0 Å². The molecule has 8 heteroatoms. The van der Waals surface area contributed by atoms with Gasteiger partial charge < -0.3 is 15.2 Å². The normalized spacial score (nSPS) is 29.6. The molecule has 0 aliphatic carbocycles. The molecule has 8 nitrogen and oxygen atoms in total. The first-order valence-corrected chi connectivity index (χ1v) is 10.6. The highest BCUT2D eigenvalue weighted by atomic mass is 16.2. The highest BCUT2D eigenvalue weighted by Gasteiger charge is 2.65. The molecule has 1 spiro atoms. The molecule has 5 heterocycles. The summed E-state index contributed by atoms with van der Waals surface area (Å²) in [6, 6.07) is 8.00. The Labute approximate surface area is 173 Å². The predicted molar refractivity (Wildman–Crippen MR) is 109 cm³/mol. The number of carbonyl (C=O) groups is 2. The van der Waals surface area contributed by atoms with Crippen LogP contribution in [-0.4, -0.2) is 50.7 Å². The number of carbonyl (C=O) groups excluding carboxylic acids is 2. The number of fused-ring (bicyclic) bond motifs is 5. The molecule has 4 aliphatic heterocycles. The van der Waals surface area contributed by atoms with Crippen LogP contribution >= 0.6 is 0 Å². The SMILES string of the molecule is O=C([C@@H]1C[C@H]2CCCN2[C@]12C(=O)Nc1ccccc12)N1CCc2c(nc[nH]c2=O)C1. The molecule has 2 N–H and O–H groups in total. The summed E-state index contributed by atoms with van der Waals surface area (Å²) in [6.07, 6.45) is 4.63. The van der Waals surface area contributed by atoms with Crippen LogP contribution in [0, 0.1) is 5.92 Å². The van der Waals surface area contributed by atoms with Crippen molar-refractivity contribution in [2.24, 2.45) is 5.92 Å². The third kappa shape index (κ3) is 2.19. The van der Waals surface area contributed by atoms with Crippen molar-refractivity contribution in [2.75, 3.05) is 18.4 Å². The monoisotopic (exact) mass is 405 g/mol. The largest absolute Gasteiger partial charge is 0.336 e. The summed E-state index contributed by atoms with van der Waals surface area (Å²) in [5, 5.41) is 3.04. The van der Waals surface area contributed by atoms with Crippen molar-refractivity contribution in [1.82, 2.24) is 19.8 Å². The summed E-state index contributed by atoms with van der Waals surface area (Å²) in [5.41, 5.74) is 1.98. The van der Waals surface area contributed by atoms with Gasteiger partial charge in [-0.15, -0.1) is 0 Å². The predicted octanol–water partition coefficient (Wildman–Crippen LogP) is 0.986. The molecular weight excluding hydrogens is 382 g/mol. The van der Waals surface area contributed by atoms with Crippen LogP contribution in [0.2, 0.25) is 0 Å². The Hall–Kier alpha value is -3.00. The van der Waals surface area contributed by atoms with E-state index in [0.29, 0.717) is 37.2 Å². The lowest BCUT2D eigenvalue weighted by Crippen LogP contribution is -2.55. The van der Waals surface area contributed by atoms with E-state index in [0.717, 1.165) is 30.6 Å². The number of anilines is 1. The minimum atomic E-state index is -0.934. The van der Waals surface area contributed by atoms with Crippen LogP contribution in [0.4, 0.5) is 5.69 Å². The van der Waals surface area contributed by atoms with Gasteiger partial charge in [-0.3, -0.25) is 19.3 Å². The molecule has 30 heavy (non-hydrogen) atoms. The van der Waals surface area contributed by atoms with Gasteiger partial charge in [0.05, 0.1) is 24.5 Å². The number of amides is 2. The Balaban J connectivity index is 1.41. The zero-order valence-electron chi connectivity index (χ0n) is 16.6. The number of hydrogen-bond acceptors (Lipinski definition) is 5. The van der Waals surface area contributed by atoms with Gasteiger partial charge in [-0.05, 0) is 38.3 Å². The van der Waals surface area contributed by atoms with Gasteiger partial charge in [0.25, 0.3) is 5.56 Å². The van der Waals surface area contributed by atoms with Gasteiger partial charge >= 0.3 is 0 Å². The number of para-hydroxylation sites is 1. The third-order valence-corrected chi connectivity index (χ3v) is 7.39. The molecule has 2 amide bonds. The van der Waals surface area contributed by atoms with Crippen LogP contribution in [0.15, 0.2) is 35.4 Å². The molecular formula is C22H23N5O3. The first kappa shape index (κ1) is 17.8. The lowest BCUT2D eigenvalue weighted by atomic mass is 9.77. The van der Waals surface area contributed by atoms with Crippen molar-refractivity contribution in [3.8, 4) is 0 Å². The molecule has 1 aromatic carbocycles. The molecule has 3 atom stereocenters. The van der Waals surface area contributed by atoms with Gasteiger partial charge in [-0.25, -0.2) is 4.98 Å². The Kier molecular flexibility index (Phi) is 3.71. The van der Waals surface area contributed by atoms with Crippen molar-refractivity contribution >= 4 is 17.5 Å². The third-order valence-electron chi connectivity index (χ3n) is 7.39. The van der Waals surface area contributed by atoms with Crippen LogP contribution in [0.3, 0.4) is 0 Å². The highest BCUT2D eigenvalue weighted by Crippen LogP contribution is 2.55. The number of aromatic amines is 1. The zero-order chi connectivity index (χ0) is 20.5. The van der Waals surface area contributed by atoms with Crippen LogP contribution in [0.5, 0.6) is 0 Å². The van der Waals surface area contributed by atoms with Crippen molar-refractivity contribution in [2.45, 2.75) is 43.8 Å². The Bertz CT molecular complexity index is 1130. The standard InChI is InChI=1S/C22H23N5O3/c28-19-14-7-9-26(11-18(14)23-12-24-19)20(29)16-10-13-4-3-8-27(13)22(16)15-5-1-2-6-17(15)25-21(22)30/h1-2,5-6,12-13,16H,3-4,7-11H2,(H,25,30)(H,23,24,28)/t13-,16+,22+/m1/s1. The summed E-state index contributed by atoms with van der Waals surface area (Å²) < 4.78 is 0. The summed E-state index contributed by atoms with van der Waals surface area (Å²) >= 11 is 0. The van der Waals surface area contributed by atoms with E-state index in [1.54, 1.807) is 4.90 Å². The van der Waals surface area contributed by atoms with E-state index in [4.69, 9.17) is 0 Å². The molecule has 154 valence electrons. The van der Waals surface area contributed by atoms with Crippen LogP contribution in [0.1, 0.15) is 36.1 Å². The number of nitrogens with one attached hydrogen (secondary N) is 2. The van der Waals surface area contributed by atoms with Gasteiger partial charge in [-0.2, -0.15) is 0 Å². The van der Waals surface area contributed by atoms with E-state index in [9.17, 15) is 14.4 Å². The lowest BCUT2D eigenvalue weighted by Gasteiger charge is -2.39. The summed E-state index contributed by atoms with van der Waals surface area (Å²) in [7, 11) is 0. The Morgan fingerprint density at radius 3 is 2.97 bits per heavy atom. The quantitative estimate of drug-likeness (QED) is 0.737. The molecule has 2 aromatic rings. The molecule has 6 rings (SSSR count). The molecule has 0 saturated carbocycles. The Morgan fingerprint density at radius 1 is 1.20 bits per heavy atom. The van der Waals surface area contributed by atoms with E-state index >= 15 is 0 Å². The van der Waals surface area contributed by atoms with E-state index < -0.39 is 11.5 Å². The zero-order valence-corrected chi connectivity index (χ0v) is 16.6. The van der Waals surface area contributed by atoms with E-state index in [-0.39, 0.29) is 23.4 Å². The average Bonchev–Trinajstić information content (AvgIpc) is 3.42. The smallest absolute Gasteiger partial charge is 0.254 e. The fourth-order valence-electron chi connectivity index (χ4n) is 6.14. The number of rotatable bonds is 1. The van der Waals surface area contributed by atoms with Gasteiger partial charge in [-0.1, -0.05) is 18.2 Å². The maximum absolute atomic E-state index is 13.8. The van der Waals surface area contributed by atoms with Crippen LogP contribution in [0.25, 0.3) is 0 Å². The number of nitrogens with zero attached hydrogens (tertiary/aromatic N) is 3. The first-order chi connectivity index (χ1) is 14.6. The number of H-pyrrole nitrogens is 1. The van der Waals surface area contributed by atoms with Gasteiger partial charge in [0.2, 0.25) is 11.8 Å². The van der Waals surface area contributed by atoms with Gasteiger partial charge in [0, 0.05) is 29.4 Å². The van der Waals surface area contributed by atoms with Crippen LogP contribution in [-0.2, 0) is 28.1 Å². The molecule has 2 fully saturated rings. The van der Waals surface area contributed by atoms with Crippen molar-refractivity contribution in [3.05, 3.63) is 57.8 Å². The first-order valence-electron chi connectivity index (χ1n) is 10.6. The van der Waals surface area contributed by atoms with Gasteiger partial charge in [0.1, 0.15) is 5.54 Å².